The molecule has 0 radical (unpaired) electrons. The van der Waals surface area contributed by atoms with Crippen LogP contribution in [0.2, 0.25) is 0 Å². The molecule has 0 saturated carbocycles. The lowest BCUT2D eigenvalue weighted by molar-refractivity contribution is 0.318. The van der Waals surface area contributed by atoms with Crippen molar-refractivity contribution in [1.29, 1.82) is 0 Å². The summed E-state index contributed by atoms with van der Waals surface area (Å²) in [5.41, 5.74) is 4.61. The molecule has 0 unspecified atom stereocenters. The van der Waals surface area contributed by atoms with Crippen LogP contribution in [0.1, 0.15) is 34.9 Å². The number of nitrogens with zero attached hydrogens (tertiary/aromatic N) is 1. The minimum absolute atomic E-state index is 0.353. The molecule has 5 nitrogen and oxygen atoms in total. The summed E-state index contributed by atoms with van der Waals surface area (Å²) in [5.74, 6) is 0.482. The van der Waals surface area contributed by atoms with Gasteiger partial charge in [0, 0.05) is 22.6 Å². The molecule has 0 aliphatic rings. The first-order valence-electron chi connectivity index (χ1n) is 8.81. The van der Waals surface area contributed by atoms with E-state index in [9.17, 15) is 10.0 Å². The van der Waals surface area contributed by atoms with E-state index >= 15 is 0 Å². The van der Waals surface area contributed by atoms with Crippen LogP contribution < -0.4 is 5.63 Å². The Balaban J connectivity index is 2.06. The quantitative estimate of drug-likeness (QED) is 0.243. The molecule has 4 rings (SSSR count). The van der Waals surface area contributed by atoms with Gasteiger partial charge in [0.2, 0.25) is 0 Å². The van der Waals surface area contributed by atoms with E-state index in [0.29, 0.717) is 29.1 Å². The summed E-state index contributed by atoms with van der Waals surface area (Å²) in [6, 6.07) is 12.9. The Bertz CT molecular complexity index is 1240. The van der Waals surface area contributed by atoms with Crippen LogP contribution in [0.4, 0.5) is 0 Å². The third kappa shape index (κ3) is 2.72. The highest BCUT2D eigenvalue weighted by Crippen LogP contribution is 2.34. The Hall–Kier alpha value is -3.34. The topological polar surface area (TPSA) is 75.9 Å². The SMILES string of the molecule is CCc1c(C(=NO)c2ccc(C)cc2)oc2ccc3c(C)cc(=O)oc3c12. The Kier molecular flexibility index (Phi) is 4.07. The van der Waals surface area contributed by atoms with Crippen LogP contribution in [0.3, 0.4) is 0 Å². The van der Waals surface area contributed by atoms with E-state index < -0.39 is 5.63 Å². The zero-order valence-electron chi connectivity index (χ0n) is 15.4. The molecule has 1 N–H and O–H groups in total. The van der Waals surface area contributed by atoms with Gasteiger partial charge in [-0.25, -0.2) is 4.79 Å². The van der Waals surface area contributed by atoms with Crippen LogP contribution in [0.5, 0.6) is 0 Å². The molecular weight excluding hydrogens is 342 g/mol. The summed E-state index contributed by atoms with van der Waals surface area (Å²) in [5, 5.41) is 14.8. The molecule has 2 heterocycles. The second kappa shape index (κ2) is 6.43. The van der Waals surface area contributed by atoms with Gasteiger partial charge in [-0.15, -0.1) is 0 Å². The fourth-order valence-corrected chi connectivity index (χ4v) is 3.50. The van der Waals surface area contributed by atoms with Gasteiger partial charge >= 0.3 is 5.63 Å². The van der Waals surface area contributed by atoms with Gasteiger partial charge in [-0.2, -0.15) is 0 Å². The molecule has 5 heteroatoms. The van der Waals surface area contributed by atoms with E-state index in [4.69, 9.17) is 8.83 Å². The molecular formula is C22H19NO4. The number of hydrogen-bond acceptors (Lipinski definition) is 5. The first-order chi connectivity index (χ1) is 13.0. The normalized spacial score (nSPS) is 12.2. The molecule has 0 aliphatic heterocycles. The number of furan rings is 1. The molecule has 0 amide bonds. The number of hydrogen-bond donors (Lipinski definition) is 1. The van der Waals surface area contributed by atoms with Crippen LogP contribution in [0.15, 0.2) is 61.2 Å². The number of aryl methyl sites for hydroxylation is 3. The van der Waals surface area contributed by atoms with E-state index in [1.165, 1.54) is 6.07 Å². The predicted octanol–water partition coefficient (Wildman–Crippen LogP) is 4.95. The van der Waals surface area contributed by atoms with Gasteiger partial charge in [0.05, 0.1) is 5.39 Å². The van der Waals surface area contributed by atoms with Gasteiger partial charge in [-0.3, -0.25) is 0 Å². The summed E-state index contributed by atoms with van der Waals surface area (Å²) in [4.78, 5) is 11.9. The highest BCUT2D eigenvalue weighted by atomic mass is 16.4. The van der Waals surface area contributed by atoms with Gasteiger partial charge in [0.15, 0.2) is 11.5 Å². The maximum Gasteiger partial charge on any atom is 0.336 e. The first-order valence-corrected chi connectivity index (χ1v) is 8.81. The largest absolute Gasteiger partial charge is 0.454 e. The van der Waals surface area contributed by atoms with Gasteiger partial charge in [-0.1, -0.05) is 41.9 Å². The van der Waals surface area contributed by atoms with E-state index in [-0.39, 0.29) is 0 Å². The van der Waals surface area contributed by atoms with Crippen LogP contribution in [0, 0.1) is 13.8 Å². The number of fused-ring (bicyclic) bond motifs is 3. The summed E-state index contributed by atoms with van der Waals surface area (Å²) in [6.45, 7) is 5.87. The Morgan fingerprint density at radius 1 is 1.07 bits per heavy atom. The van der Waals surface area contributed by atoms with Crippen LogP contribution in [-0.2, 0) is 6.42 Å². The minimum Gasteiger partial charge on any atom is -0.454 e. The number of rotatable bonds is 3. The van der Waals surface area contributed by atoms with Crippen molar-refractivity contribution >= 4 is 27.7 Å². The Morgan fingerprint density at radius 3 is 2.48 bits per heavy atom. The zero-order chi connectivity index (χ0) is 19.1. The number of benzene rings is 2. The van der Waals surface area contributed by atoms with Crippen molar-refractivity contribution in [1.82, 2.24) is 0 Å². The predicted molar refractivity (Wildman–Crippen MR) is 105 cm³/mol. The summed E-state index contributed by atoms with van der Waals surface area (Å²) < 4.78 is 11.6. The van der Waals surface area contributed by atoms with E-state index in [0.717, 1.165) is 33.0 Å². The molecule has 0 fully saturated rings. The van der Waals surface area contributed by atoms with Crippen LogP contribution >= 0.6 is 0 Å². The smallest absolute Gasteiger partial charge is 0.336 e. The molecule has 0 aliphatic carbocycles. The maximum atomic E-state index is 11.9. The molecule has 0 atom stereocenters. The third-order valence-electron chi connectivity index (χ3n) is 4.86. The first kappa shape index (κ1) is 17.1. The lowest BCUT2D eigenvalue weighted by Gasteiger charge is -2.05. The van der Waals surface area contributed by atoms with Crippen molar-refractivity contribution in [2.75, 3.05) is 0 Å². The number of oxime groups is 1. The fraction of sp³-hybridized carbons (Fsp3) is 0.182. The van der Waals surface area contributed by atoms with Crippen molar-refractivity contribution in [3.63, 3.8) is 0 Å². The minimum atomic E-state index is -0.396. The fourth-order valence-electron chi connectivity index (χ4n) is 3.50. The second-order valence-electron chi connectivity index (χ2n) is 6.64. The van der Waals surface area contributed by atoms with Crippen molar-refractivity contribution < 1.29 is 14.0 Å². The average molecular weight is 361 g/mol. The molecule has 2 aromatic heterocycles. The van der Waals surface area contributed by atoms with Crippen LogP contribution in [0.25, 0.3) is 21.9 Å². The summed E-state index contributed by atoms with van der Waals surface area (Å²) in [7, 11) is 0. The summed E-state index contributed by atoms with van der Waals surface area (Å²) in [6.07, 6.45) is 0.629. The van der Waals surface area contributed by atoms with Crippen molar-refractivity contribution in [2.45, 2.75) is 27.2 Å². The molecule has 136 valence electrons. The van der Waals surface area contributed by atoms with Gasteiger partial charge in [0.1, 0.15) is 11.2 Å². The Labute approximate surface area is 155 Å². The van der Waals surface area contributed by atoms with Crippen LogP contribution in [-0.4, -0.2) is 10.9 Å². The van der Waals surface area contributed by atoms with Gasteiger partial charge in [-0.05, 0) is 38.0 Å². The maximum absolute atomic E-state index is 11.9. The highest BCUT2D eigenvalue weighted by molar-refractivity contribution is 6.16. The lowest BCUT2D eigenvalue weighted by Crippen LogP contribution is -2.05. The monoisotopic (exact) mass is 361 g/mol. The van der Waals surface area contributed by atoms with E-state index in [1.54, 1.807) is 0 Å². The third-order valence-corrected chi connectivity index (χ3v) is 4.86. The molecule has 0 saturated heterocycles. The van der Waals surface area contributed by atoms with E-state index in [2.05, 4.69) is 5.16 Å². The van der Waals surface area contributed by atoms with Gasteiger partial charge in [0.25, 0.3) is 0 Å². The average Bonchev–Trinajstić information content (AvgIpc) is 3.02. The second-order valence-corrected chi connectivity index (χ2v) is 6.64. The summed E-state index contributed by atoms with van der Waals surface area (Å²) >= 11 is 0. The van der Waals surface area contributed by atoms with Gasteiger partial charge < -0.3 is 14.0 Å². The van der Waals surface area contributed by atoms with Crippen molar-refractivity contribution in [3.05, 3.63) is 80.9 Å². The zero-order valence-corrected chi connectivity index (χ0v) is 15.4. The molecule has 0 bridgehead atoms. The van der Waals surface area contributed by atoms with Crippen molar-refractivity contribution in [2.24, 2.45) is 5.16 Å². The molecule has 2 aromatic carbocycles. The Morgan fingerprint density at radius 2 is 1.81 bits per heavy atom. The molecule has 4 aromatic rings. The standard InChI is InChI=1S/C22H19NO4/c1-4-15-19-17(10-9-16-13(3)11-18(24)27-21(16)19)26-22(15)20(23-25)14-7-5-12(2)6-8-14/h5-11,25H,4H2,1-3H3. The molecule has 27 heavy (non-hydrogen) atoms. The highest BCUT2D eigenvalue weighted by Gasteiger charge is 2.23. The van der Waals surface area contributed by atoms with E-state index in [1.807, 2.05) is 57.2 Å². The van der Waals surface area contributed by atoms with Crippen molar-refractivity contribution in [3.8, 4) is 0 Å². The lowest BCUT2D eigenvalue weighted by atomic mass is 9.99. The molecule has 0 spiro atoms.